The van der Waals surface area contributed by atoms with Gasteiger partial charge >= 0.3 is 0 Å². The number of amides is 2. The first-order chi connectivity index (χ1) is 13.1. The summed E-state index contributed by atoms with van der Waals surface area (Å²) in [7, 11) is 0. The number of carbonyl (C=O) groups is 2. The van der Waals surface area contributed by atoms with Crippen LogP contribution in [0.2, 0.25) is 0 Å². The number of benzene rings is 3. The molecule has 0 atom stereocenters. The topological polar surface area (TPSA) is 70.6 Å². The quantitative estimate of drug-likeness (QED) is 0.471. The van der Waals surface area contributed by atoms with Gasteiger partial charge in [0, 0.05) is 15.6 Å². The molecular weight excluding hydrogens is 406 g/mol. The molecule has 0 aromatic heterocycles. The summed E-state index contributed by atoms with van der Waals surface area (Å²) in [4.78, 5) is 24.8. The Bertz CT molecular complexity index is 987. The lowest BCUT2D eigenvalue weighted by atomic mass is 10.1. The lowest BCUT2D eigenvalue weighted by Gasteiger charge is -2.10. The first-order valence-electron chi connectivity index (χ1n) is 8.18. The van der Waals surface area contributed by atoms with E-state index in [4.69, 9.17) is 0 Å². The molecule has 6 heteroatoms. The Hall–Kier alpha value is -3.25. The maximum atomic E-state index is 12.5. The molecule has 27 heavy (non-hydrogen) atoms. The predicted octanol–water partition coefficient (Wildman–Crippen LogP) is 4.47. The van der Waals surface area contributed by atoms with Crippen LogP contribution >= 0.6 is 15.9 Å². The zero-order chi connectivity index (χ0) is 19.1. The number of hydrogen-bond acceptors (Lipinski definition) is 3. The van der Waals surface area contributed by atoms with Crippen LogP contribution in [0.5, 0.6) is 0 Å². The van der Waals surface area contributed by atoms with Crippen molar-refractivity contribution in [2.75, 3.05) is 5.32 Å². The maximum Gasteiger partial charge on any atom is 0.273 e. The molecule has 0 saturated carbocycles. The van der Waals surface area contributed by atoms with Gasteiger partial charge in [-0.1, -0.05) is 64.5 Å². The molecule has 0 fully saturated rings. The van der Waals surface area contributed by atoms with E-state index in [1.807, 2.05) is 30.3 Å². The van der Waals surface area contributed by atoms with Crippen LogP contribution in [0.25, 0.3) is 0 Å². The third-order valence-electron chi connectivity index (χ3n) is 3.73. The minimum Gasteiger partial charge on any atom is -0.321 e. The third-order valence-corrected chi connectivity index (χ3v) is 4.45. The lowest BCUT2D eigenvalue weighted by Crippen LogP contribution is -2.21. The standard InChI is InChI=1S/C21H16BrN3O2/c22-18-12-6-4-10-16(18)14-23-25-21(27)17-11-5-7-13-19(17)24-20(26)15-8-2-1-3-9-15/h1-14H,(H,24,26)(H,25,27)/b23-14+. The summed E-state index contributed by atoms with van der Waals surface area (Å²) in [6, 6.07) is 23.1. The molecule has 3 aromatic carbocycles. The summed E-state index contributed by atoms with van der Waals surface area (Å²) in [5.74, 6) is -0.699. The Morgan fingerprint density at radius 2 is 1.48 bits per heavy atom. The van der Waals surface area contributed by atoms with E-state index in [1.54, 1.807) is 54.7 Å². The second-order valence-electron chi connectivity index (χ2n) is 5.59. The van der Waals surface area contributed by atoms with E-state index in [0.29, 0.717) is 16.8 Å². The number of hydrogen-bond donors (Lipinski definition) is 2. The first kappa shape index (κ1) is 18.5. The Balaban J connectivity index is 1.72. The molecule has 2 amide bonds. The van der Waals surface area contributed by atoms with Crippen LogP contribution < -0.4 is 10.7 Å². The molecule has 2 N–H and O–H groups in total. The summed E-state index contributed by atoms with van der Waals surface area (Å²) in [5.41, 5.74) is 4.58. The second-order valence-corrected chi connectivity index (χ2v) is 6.44. The monoisotopic (exact) mass is 421 g/mol. The molecular formula is C21H16BrN3O2. The predicted molar refractivity (Wildman–Crippen MR) is 110 cm³/mol. The molecule has 0 aliphatic carbocycles. The molecule has 0 radical (unpaired) electrons. The van der Waals surface area contributed by atoms with Crippen LogP contribution in [0.4, 0.5) is 5.69 Å². The average Bonchev–Trinajstić information content (AvgIpc) is 2.70. The average molecular weight is 422 g/mol. The van der Waals surface area contributed by atoms with Gasteiger partial charge in [-0.2, -0.15) is 5.10 Å². The van der Waals surface area contributed by atoms with Gasteiger partial charge in [-0.3, -0.25) is 9.59 Å². The molecule has 0 aliphatic heterocycles. The summed E-state index contributed by atoms with van der Waals surface area (Å²) >= 11 is 3.42. The van der Waals surface area contributed by atoms with Crippen molar-refractivity contribution >= 4 is 39.6 Å². The SMILES string of the molecule is O=C(Nc1ccccc1C(=O)N/N=C/c1ccccc1Br)c1ccccc1. The number of halogens is 1. The Kier molecular flexibility index (Phi) is 6.12. The highest BCUT2D eigenvalue weighted by molar-refractivity contribution is 9.10. The lowest BCUT2D eigenvalue weighted by molar-refractivity contribution is 0.0956. The second kappa shape index (κ2) is 8.91. The van der Waals surface area contributed by atoms with Crippen molar-refractivity contribution in [3.05, 3.63) is 100 Å². The number of para-hydroxylation sites is 1. The van der Waals surface area contributed by atoms with Crippen molar-refractivity contribution in [3.63, 3.8) is 0 Å². The Morgan fingerprint density at radius 1 is 0.815 bits per heavy atom. The zero-order valence-corrected chi connectivity index (χ0v) is 15.8. The van der Waals surface area contributed by atoms with Crippen LogP contribution in [0.15, 0.2) is 88.4 Å². The molecule has 0 unspecified atom stereocenters. The number of rotatable bonds is 5. The number of nitrogens with zero attached hydrogens (tertiary/aromatic N) is 1. The van der Waals surface area contributed by atoms with Crippen molar-refractivity contribution in [2.45, 2.75) is 0 Å². The van der Waals surface area contributed by atoms with Crippen LogP contribution in [0.3, 0.4) is 0 Å². The number of anilines is 1. The van der Waals surface area contributed by atoms with E-state index in [-0.39, 0.29) is 5.91 Å². The van der Waals surface area contributed by atoms with E-state index in [1.165, 1.54) is 0 Å². The summed E-state index contributed by atoms with van der Waals surface area (Å²) in [5, 5.41) is 6.76. The normalized spacial score (nSPS) is 10.6. The van der Waals surface area contributed by atoms with Crippen molar-refractivity contribution in [1.82, 2.24) is 5.43 Å². The molecule has 0 bridgehead atoms. The van der Waals surface area contributed by atoms with Crippen molar-refractivity contribution in [1.29, 1.82) is 0 Å². The van der Waals surface area contributed by atoms with E-state index in [0.717, 1.165) is 10.0 Å². The number of nitrogens with one attached hydrogen (secondary N) is 2. The van der Waals surface area contributed by atoms with Gasteiger partial charge < -0.3 is 5.32 Å². The van der Waals surface area contributed by atoms with E-state index < -0.39 is 5.91 Å². The molecule has 5 nitrogen and oxygen atoms in total. The van der Waals surface area contributed by atoms with Gasteiger partial charge in [0.25, 0.3) is 11.8 Å². The van der Waals surface area contributed by atoms with Gasteiger partial charge in [0.2, 0.25) is 0 Å². The van der Waals surface area contributed by atoms with Gasteiger partial charge in [-0.15, -0.1) is 0 Å². The Labute approximate surface area is 165 Å². The fourth-order valence-electron chi connectivity index (χ4n) is 2.37. The summed E-state index contributed by atoms with van der Waals surface area (Å²) in [6.45, 7) is 0. The van der Waals surface area contributed by atoms with Gasteiger partial charge in [0.05, 0.1) is 17.5 Å². The molecule has 0 heterocycles. The summed E-state index contributed by atoms with van der Waals surface area (Å²) < 4.78 is 0.874. The number of carbonyl (C=O) groups excluding carboxylic acids is 2. The van der Waals surface area contributed by atoms with E-state index in [9.17, 15) is 9.59 Å². The first-order valence-corrected chi connectivity index (χ1v) is 8.98. The van der Waals surface area contributed by atoms with Crippen molar-refractivity contribution in [3.8, 4) is 0 Å². The Morgan fingerprint density at radius 3 is 2.26 bits per heavy atom. The van der Waals surface area contributed by atoms with Crippen molar-refractivity contribution < 1.29 is 9.59 Å². The highest BCUT2D eigenvalue weighted by atomic mass is 79.9. The van der Waals surface area contributed by atoms with Crippen LogP contribution in [0.1, 0.15) is 26.3 Å². The fourth-order valence-corrected chi connectivity index (χ4v) is 2.76. The van der Waals surface area contributed by atoms with Crippen LogP contribution in [-0.2, 0) is 0 Å². The molecule has 3 rings (SSSR count). The largest absolute Gasteiger partial charge is 0.321 e. The summed E-state index contributed by atoms with van der Waals surface area (Å²) in [6.07, 6.45) is 1.55. The zero-order valence-electron chi connectivity index (χ0n) is 14.2. The van der Waals surface area contributed by atoms with Crippen molar-refractivity contribution in [2.24, 2.45) is 5.10 Å². The molecule has 0 aliphatic rings. The maximum absolute atomic E-state index is 12.5. The highest BCUT2D eigenvalue weighted by Gasteiger charge is 2.13. The van der Waals surface area contributed by atoms with E-state index in [2.05, 4.69) is 31.8 Å². The fraction of sp³-hybridized carbons (Fsp3) is 0. The van der Waals surface area contributed by atoms with Crippen LogP contribution in [0, 0.1) is 0 Å². The van der Waals surface area contributed by atoms with Gasteiger partial charge in [-0.05, 0) is 30.3 Å². The van der Waals surface area contributed by atoms with Crippen LogP contribution in [-0.4, -0.2) is 18.0 Å². The molecule has 0 spiro atoms. The highest BCUT2D eigenvalue weighted by Crippen LogP contribution is 2.17. The minimum absolute atomic E-state index is 0.285. The number of hydrazone groups is 1. The van der Waals surface area contributed by atoms with Gasteiger partial charge in [0.15, 0.2) is 0 Å². The molecule has 134 valence electrons. The smallest absolute Gasteiger partial charge is 0.273 e. The van der Waals surface area contributed by atoms with Gasteiger partial charge in [0.1, 0.15) is 0 Å². The van der Waals surface area contributed by atoms with Gasteiger partial charge in [-0.25, -0.2) is 5.43 Å². The minimum atomic E-state index is -0.415. The third kappa shape index (κ3) is 4.89. The molecule has 0 saturated heterocycles. The molecule has 3 aromatic rings. The van der Waals surface area contributed by atoms with E-state index >= 15 is 0 Å².